The average molecular weight is 251 g/mol. The van der Waals surface area contributed by atoms with Crippen molar-refractivity contribution in [3.05, 3.63) is 6.33 Å². The van der Waals surface area contributed by atoms with Crippen molar-refractivity contribution >= 4 is 23.7 Å². The molecule has 0 saturated carbocycles. The Hall–Kier alpha value is -2.09. The lowest BCUT2D eigenvalue weighted by atomic mass is 10.1. The highest BCUT2D eigenvalue weighted by Crippen LogP contribution is 2.25. The molecular formula is C10H17N7O. The highest BCUT2D eigenvalue weighted by atomic mass is 16.1. The van der Waals surface area contributed by atoms with Crippen molar-refractivity contribution in [2.45, 2.75) is 18.9 Å². The Labute approximate surface area is 105 Å². The molecule has 0 aromatic carbocycles. The van der Waals surface area contributed by atoms with Crippen LogP contribution < -0.4 is 22.3 Å². The number of hydrogen-bond acceptors (Lipinski definition) is 7. The van der Waals surface area contributed by atoms with Crippen molar-refractivity contribution in [2.24, 2.45) is 5.84 Å². The van der Waals surface area contributed by atoms with E-state index >= 15 is 0 Å². The molecule has 1 saturated heterocycles. The number of aromatic nitrogens is 2. The van der Waals surface area contributed by atoms with Gasteiger partial charge in [0.2, 0.25) is 6.41 Å². The van der Waals surface area contributed by atoms with Crippen LogP contribution in [0.25, 0.3) is 0 Å². The molecule has 0 radical (unpaired) electrons. The van der Waals surface area contributed by atoms with Gasteiger partial charge in [0.1, 0.15) is 12.0 Å². The Balaban J connectivity index is 2.17. The number of nitrogens with zero attached hydrogens (tertiary/aromatic N) is 4. The van der Waals surface area contributed by atoms with Gasteiger partial charge in [0, 0.05) is 13.1 Å². The summed E-state index contributed by atoms with van der Waals surface area (Å²) in [7, 11) is 0. The summed E-state index contributed by atoms with van der Waals surface area (Å²) in [6.07, 6.45) is 3.93. The van der Waals surface area contributed by atoms with Crippen molar-refractivity contribution in [3.8, 4) is 0 Å². The molecule has 1 fully saturated rings. The number of nitrogen functional groups attached to an aromatic ring is 2. The van der Waals surface area contributed by atoms with E-state index in [4.69, 9.17) is 17.3 Å². The summed E-state index contributed by atoms with van der Waals surface area (Å²) in [4.78, 5) is 20.3. The smallest absolute Gasteiger partial charge is 0.209 e. The van der Waals surface area contributed by atoms with Crippen molar-refractivity contribution in [3.63, 3.8) is 0 Å². The lowest BCUT2D eigenvalue weighted by Crippen LogP contribution is -2.51. The van der Waals surface area contributed by atoms with Gasteiger partial charge in [-0.1, -0.05) is 0 Å². The van der Waals surface area contributed by atoms with Gasteiger partial charge < -0.3 is 16.4 Å². The zero-order chi connectivity index (χ0) is 13.1. The van der Waals surface area contributed by atoms with Gasteiger partial charge in [0.15, 0.2) is 11.6 Å². The number of anilines is 3. The topological polar surface area (TPSA) is 127 Å². The number of carbonyl (C=O) groups excluding carboxylic acids is 1. The number of hydrazine groups is 1. The van der Waals surface area contributed by atoms with Gasteiger partial charge >= 0.3 is 0 Å². The van der Waals surface area contributed by atoms with Crippen LogP contribution >= 0.6 is 0 Å². The van der Waals surface area contributed by atoms with Crippen LogP contribution in [-0.2, 0) is 4.79 Å². The largest absolute Gasteiger partial charge is 0.393 e. The van der Waals surface area contributed by atoms with E-state index in [2.05, 4.69) is 9.97 Å². The predicted molar refractivity (Wildman–Crippen MR) is 68.2 cm³/mol. The Kier molecular flexibility index (Phi) is 3.47. The number of likely N-dealkylation sites (tertiary alicyclic amines) is 1. The lowest BCUT2D eigenvalue weighted by Gasteiger charge is -2.36. The minimum atomic E-state index is -0.0134. The molecule has 1 aromatic heterocycles. The first-order valence-corrected chi connectivity index (χ1v) is 5.72. The maximum absolute atomic E-state index is 10.8. The summed E-state index contributed by atoms with van der Waals surface area (Å²) in [5.74, 6) is 6.63. The number of nitrogens with two attached hydrogens (primary N) is 3. The SMILES string of the molecule is Nc1ncnc(N(N)C2CCCN(C=O)C2)c1N. The van der Waals surface area contributed by atoms with E-state index in [-0.39, 0.29) is 17.5 Å². The molecule has 6 N–H and O–H groups in total. The van der Waals surface area contributed by atoms with Crippen LogP contribution in [0, 0.1) is 0 Å². The number of piperidine rings is 1. The molecule has 0 spiro atoms. The monoisotopic (exact) mass is 251 g/mol. The quantitative estimate of drug-likeness (QED) is 0.355. The van der Waals surface area contributed by atoms with E-state index in [1.807, 2.05) is 0 Å². The van der Waals surface area contributed by atoms with E-state index in [1.54, 1.807) is 4.90 Å². The first kappa shape index (κ1) is 12.4. The maximum atomic E-state index is 10.8. The number of amides is 1. The van der Waals surface area contributed by atoms with E-state index in [1.165, 1.54) is 11.3 Å². The minimum Gasteiger partial charge on any atom is -0.393 e. The van der Waals surface area contributed by atoms with Gasteiger partial charge in [-0.2, -0.15) is 0 Å². The summed E-state index contributed by atoms with van der Waals surface area (Å²) in [6.45, 7) is 1.32. The summed E-state index contributed by atoms with van der Waals surface area (Å²) < 4.78 is 0. The lowest BCUT2D eigenvalue weighted by molar-refractivity contribution is -0.119. The van der Waals surface area contributed by atoms with Gasteiger partial charge in [0.25, 0.3) is 0 Å². The molecule has 0 aliphatic carbocycles. The zero-order valence-corrected chi connectivity index (χ0v) is 9.99. The van der Waals surface area contributed by atoms with Crippen LogP contribution in [0.2, 0.25) is 0 Å². The number of carbonyl (C=O) groups is 1. The van der Waals surface area contributed by atoms with Crippen molar-refractivity contribution in [1.29, 1.82) is 0 Å². The van der Waals surface area contributed by atoms with Crippen LogP contribution in [0.15, 0.2) is 6.33 Å². The molecule has 1 aliphatic heterocycles. The molecule has 8 heteroatoms. The molecule has 1 aliphatic rings. The second-order valence-corrected chi connectivity index (χ2v) is 4.30. The molecule has 1 atom stereocenters. The molecule has 2 rings (SSSR count). The van der Waals surface area contributed by atoms with E-state index in [0.29, 0.717) is 12.4 Å². The highest BCUT2D eigenvalue weighted by molar-refractivity contribution is 5.73. The fourth-order valence-electron chi connectivity index (χ4n) is 2.08. The fraction of sp³-hybridized carbons (Fsp3) is 0.500. The van der Waals surface area contributed by atoms with Gasteiger partial charge in [0.05, 0.1) is 6.04 Å². The van der Waals surface area contributed by atoms with Gasteiger partial charge in [-0.15, -0.1) is 0 Å². The first-order valence-electron chi connectivity index (χ1n) is 5.72. The van der Waals surface area contributed by atoms with Gasteiger partial charge in [-0.25, -0.2) is 15.8 Å². The average Bonchev–Trinajstić information content (AvgIpc) is 2.41. The fourth-order valence-corrected chi connectivity index (χ4v) is 2.08. The third-order valence-electron chi connectivity index (χ3n) is 3.11. The molecule has 2 heterocycles. The molecule has 18 heavy (non-hydrogen) atoms. The molecule has 1 unspecified atom stereocenters. The van der Waals surface area contributed by atoms with E-state index in [9.17, 15) is 4.79 Å². The highest BCUT2D eigenvalue weighted by Gasteiger charge is 2.25. The Morgan fingerprint density at radius 2 is 2.22 bits per heavy atom. The second-order valence-electron chi connectivity index (χ2n) is 4.30. The number of hydrogen-bond donors (Lipinski definition) is 3. The van der Waals surface area contributed by atoms with Crippen LogP contribution in [0.3, 0.4) is 0 Å². The third-order valence-corrected chi connectivity index (χ3v) is 3.11. The molecule has 1 amide bonds. The van der Waals surface area contributed by atoms with Crippen molar-refractivity contribution in [2.75, 3.05) is 29.6 Å². The van der Waals surface area contributed by atoms with E-state index in [0.717, 1.165) is 25.8 Å². The van der Waals surface area contributed by atoms with Gasteiger partial charge in [-0.3, -0.25) is 9.80 Å². The standard InChI is InChI=1S/C10H17N7O/c11-8-9(12)14-5-15-10(8)17(13)7-2-1-3-16(4-7)6-18/h5-7H,1-4,11,13H2,(H2,12,14,15). The first-order chi connectivity index (χ1) is 8.63. The van der Waals surface area contributed by atoms with Crippen LogP contribution in [0.1, 0.15) is 12.8 Å². The molecule has 0 bridgehead atoms. The summed E-state index contributed by atoms with van der Waals surface area (Å²) in [5.41, 5.74) is 11.7. The van der Waals surface area contributed by atoms with Crippen LogP contribution in [0.5, 0.6) is 0 Å². The summed E-state index contributed by atoms with van der Waals surface area (Å²) in [5, 5.41) is 1.48. The summed E-state index contributed by atoms with van der Waals surface area (Å²) >= 11 is 0. The van der Waals surface area contributed by atoms with Crippen LogP contribution in [0.4, 0.5) is 17.3 Å². The molecular weight excluding hydrogens is 234 g/mol. The van der Waals surface area contributed by atoms with Crippen molar-refractivity contribution < 1.29 is 4.79 Å². The third kappa shape index (κ3) is 2.28. The zero-order valence-electron chi connectivity index (χ0n) is 9.99. The molecule has 98 valence electrons. The van der Waals surface area contributed by atoms with Gasteiger partial charge in [-0.05, 0) is 12.8 Å². The van der Waals surface area contributed by atoms with Crippen molar-refractivity contribution in [1.82, 2.24) is 14.9 Å². The molecule has 1 aromatic rings. The maximum Gasteiger partial charge on any atom is 0.209 e. The van der Waals surface area contributed by atoms with E-state index < -0.39 is 0 Å². The second kappa shape index (κ2) is 5.05. The Morgan fingerprint density at radius 3 is 2.94 bits per heavy atom. The normalized spacial score (nSPS) is 19.6. The predicted octanol–water partition coefficient (Wildman–Crippen LogP) is -1.06. The van der Waals surface area contributed by atoms with Crippen LogP contribution in [-0.4, -0.2) is 40.4 Å². The molecule has 8 nitrogen and oxygen atoms in total. The minimum absolute atomic E-state index is 0.0134. The Morgan fingerprint density at radius 1 is 1.44 bits per heavy atom. The Bertz CT molecular complexity index is 438. The summed E-state index contributed by atoms with van der Waals surface area (Å²) in [6, 6.07) is -0.0134. The number of rotatable bonds is 3.